The van der Waals surface area contributed by atoms with E-state index in [1.54, 1.807) is 31.2 Å². The number of Topliss-reactive ketones (excluding diaryl/α,β-unsaturated/α-hetero) is 1. The van der Waals surface area contributed by atoms with E-state index < -0.39 is 23.8 Å². The molecule has 0 spiro atoms. The number of aliphatic hydroxyl groups is 1. The second kappa shape index (κ2) is 7.70. The van der Waals surface area contributed by atoms with Crippen LogP contribution in [-0.2, 0) is 11.2 Å². The quantitative estimate of drug-likeness (QED) is 0.635. The number of aryl methyl sites for hydroxylation is 1. The molecule has 1 amide bonds. The van der Waals surface area contributed by atoms with E-state index in [9.17, 15) is 14.7 Å². The molecular weight excluding hydrogens is 290 g/mol. The molecule has 23 heavy (non-hydrogen) atoms. The molecule has 0 saturated carbocycles. The van der Waals surface area contributed by atoms with Gasteiger partial charge in [0, 0.05) is 12.0 Å². The number of benzene rings is 2. The lowest BCUT2D eigenvalue weighted by Crippen LogP contribution is -2.44. The molecule has 4 nitrogen and oxygen atoms in total. The highest BCUT2D eigenvalue weighted by Gasteiger charge is 2.22. The molecule has 2 aromatic carbocycles. The third-order valence-electron chi connectivity index (χ3n) is 3.74. The van der Waals surface area contributed by atoms with Gasteiger partial charge in [0.1, 0.15) is 0 Å². The van der Waals surface area contributed by atoms with Gasteiger partial charge in [-0.05, 0) is 19.4 Å². The molecule has 2 rings (SSSR count). The van der Waals surface area contributed by atoms with Crippen LogP contribution in [0.5, 0.6) is 0 Å². The molecule has 0 heterocycles. The minimum absolute atomic E-state index is 0.345. The summed E-state index contributed by atoms with van der Waals surface area (Å²) < 4.78 is 0. The summed E-state index contributed by atoms with van der Waals surface area (Å²) in [6.07, 6.45) is -0.340. The minimum atomic E-state index is -0.757. The van der Waals surface area contributed by atoms with Crippen molar-refractivity contribution in [1.82, 2.24) is 5.32 Å². The van der Waals surface area contributed by atoms with E-state index in [0.717, 1.165) is 11.1 Å². The van der Waals surface area contributed by atoms with Crippen LogP contribution in [0.15, 0.2) is 54.6 Å². The Kier molecular flexibility index (Phi) is 5.66. The number of hydrogen-bond acceptors (Lipinski definition) is 3. The maximum absolute atomic E-state index is 12.1. The predicted molar refractivity (Wildman–Crippen MR) is 89.3 cm³/mol. The number of aliphatic hydroxyl groups excluding tert-OH is 1. The lowest BCUT2D eigenvalue weighted by molar-refractivity contribution is -0.118. The van der Waals surface area contributed by atoms with Crippen LogP contribution in [0.2, 0.25) is 0 Å². The Balaban J connectivity index is 1.93. The van der Waals surface area contributed by atoms with Gasteiger partial charge in [-0.1, -0.05) is 60.2 Å². The minimum Gasteiger partial charge on any atom is -0.391 e. The van der Waals surface area contributed by atoms with Gasteiger partial charge in [-0.3, -0.25) is 9.59 Å². The molecule has 120 valence electrons. The average molecular weight is 311 g/mol. The Bertz CT molecular complexity index is 665. The highest BCUT2D eigenvalue weighted by molar-refractivity contribution is 6.42. The summed E-state index contributed by atoms with van der Waals surface area (Å²) in [5, 5.41) is 12.8. The summed E-state index contributed by atoms with van der Waals surface area (Å²) >= 11 is 0. The molecule has 0 aliphatic carbocycles. The number of amides is 1. The van der Waals surface area contributed by atoms with E-state index in [0.29, 0.717) is 12.0 Å². The Morgan fingerprint density at radius 2 is 1.65 bits per heavy atom. The molecule has 0 fully saturated rings. The zero-order valence-electron chi connectivity index (χ0n) is 13.3. The van der Waals surface area contributed by atoms with Crippen LogP contribution in [0.1, 0.15) is 28.4 Å². The van der Waals surface area contributed by atoms with Crippen LogP contribution in [0.4, 0.5) is 0 Å². The first-order valence-electron chi connectivity index (χ1n) is 7.61. The maximum atomic E-state index is 12.1. The molecule has 0 aliphatic rings. The van der Waals surface area contributed by atoms with Gasteiger partial charge in [-0.15, -0.1) is 0 Å². The van der Waals surface area contributed by atoms with Gasteiger partial charge in [0.25, 0.3) is 5.91 Å². The van der Waals surface area contributed by atoms with Gasteiger partial charge < -0.3 is 10.4 Å². The topological polar surface area (TPSA) is 66.4 Å². The molecule has 2 N–H and O–H groups in total. The van der Waals surface area contributed by atoms with Crippen LogP contribution in [0.3, 0.4) is 0 Å². The lowest BCUT2D eigenvalue weighted by Gasteiger charge is -2.20. The van der Waals surface area contributed by atoms with Crippen LogP contribution in [0.25, 0.3) is 0 Å². The van der Waals surface area contributed by atoms with Crippen molar-refractivity contribution in [2.75, 3.05) is 0 Å². The fourth-order valence-electron chi connectivity index (χ4n) is 2.24. The summed E-state index contributed by atoms with van der Waals surface area (Å²) in [7, 11) is 0. The highest BCUT2D eigenvalue weighted by atomic mass is 16.3. The van der Waals surface area contributed by atoms with Gasteiger partial charge >= 0.3 is 0 Å². The monoisotopic (exact) mass is 311 g/mol. The summed E-state index contributed by atoms with van der Waals surface area (Å²) in [4.78, 5) is 24.1. The lowest BCUT2D eigenvalue weighted by atomic mass is 10.0. The first kappa shape index (κ1) is 16.9. The molecule has 4 heteroatoms. The zero-order valence-corrected chi connectivity index (χ0v) is 13.3. The molecule has 2 aromatic rings. The number of nitrogens with one attached hydrogen (secondary N) is 1. The van der Waals surface area contributed by atoms with Gasteiger partial charge in [-0.2, -0.15) is 0 Å². The Morgan fingerprint density at radius 3 is 2.26 bits per heavy atom. The molecule has 2 unspecified atom stereocenters. The predicted octanol–water partition coefficient (Wildman–Crippen LogP) is 2.29. The van der Waals surface area contributed by atoms with Gasteiger partial charge in [-0.25, -0.2) is 0 Å². The van der Waals surface area contributed by atoms with E-state index in [4.69, 9.17) is 0 Å². The van der Waals surface area contributed by atoms with Crippen molar-refractivity contribution in [3.63, 3.8) is 0 Å². The van der Waals surface area contributed by atoms with Gasteiger partial charge in [0.2, 0.25) is 5.78 Å². The smallest absolute Gasteiger partial charge is 0.292 e. The van der Waals surface area contributed by atoms with Crippen molar-refractivity contribution in [3.8, 4) is 0 Å². The Labute approximate surface area is 136 Å². The molecule has 0 radical (unpaired) electrons. The second-order valence-corrected chi connectivity index (χ2v) is 5.71. The van der Waals surface area contributed by atoms with Crippen molar-refractivity contribution < 1.29 is 14.7 Å². The summed E-state index contributed by atoms with van der Waals surface area (Å²) in [6, 6.07) is 15.8. The van der Waals surface area contributed by atoms with Crippen molar-refractivity contribution in [1.29, 1.82) is 0 Å². The summed E-state index contributed by atoms with van der Waals surface area (Å²) in [5.74, 6) is -1.29. The van der Waals surface area contributed by atoms with Crippen LogP contribution in [-0.4, -0.2) is 28.9 Å². The maximum Gasteiger partial charge on any atom is 0.292 e. The molecule has 0 saturated heterocycles. The number of hydrogen-bond donors (Lipinski definition) is 2. The van der Waals surface area contributed by atoms with E-state index in [1.807, 2.05) is 37.3 Å². The standard InChI is InChI=1S/C19H21NO3/c1-13-8-10-16(11-9-13)18(22)19(23)20-14(2)17(21)12-15-6-4-3-5-7-15/h3-11,14,17,21H,12H2,1-2H3,(H,20,23). The normalized spacial score (nSPS) is 13.2. The number of rotatable bonds is 6. The molecule has 0 bridgehead atoms. The highest BCUT2D eigenvalue weighted by Crippen LogP contribution is 2.07. The van der Waals surface area contributed by atoms with Crippen molar-refractivity contribution in [3.05, 3.63) is 71.3 Å². The summed E-state index contributed by atoms with van der Waals surface area (Å²) in [6.45, 7) is 3.60. The second-order valence-electron chi connectivity index (χ2n) is 5.71. The van der Waals surface area contributed by atoms with Crippen LogP contribution < -0.4 is 5.32 Å². The Morgan fingerprint density at radius 1 is 1.04 bits per heavy atom. The third-order valence-corrected chi connectivity index (χ3v) is 3.74. The van der Waals surface area contributed by atoms with Crippen molar-refractivity contribution in [2.24, 2.45) is 0 Å². The van der Waals surface area contributed by atoms with E-state index >= 15 is 0 Å². The van der Waals surface area contributed by atoms with E-state index in [2.05, 4.69) is 5.32 Å². The zero-order chi connectivity index (χ0) is 16.8. The first-order chi connectivity index (χ1) is 11.0. The number of carbonyl (C=O) groups is 2. The van der Waals surface area contributed by atoms with Crippen LogP contribution in [0, 0.1) is 6.92 Å². The van der Waals surface area contributed by atoms with Crippen molar-refractivity contribution >= 4 is 11.7 Å². The SMILES string of the molecule is Cc1ccc(C(=O)C(=O)NC(C)C(O)Cc2ccccc2)cc1. The van der Waals surface area contributed by atoms with Gasteiger partial charge in [0.05, 0.1) is 12.1 Å². The fourth-order valence-corrected chi connectivity index (χ4v) is 2.24. The Hall–Kier alpha value is -2.46. The van der Waals surface area contributed by atoms with Gasteiger partial charge in [0.15, 0.2) is 0 Å². The van der Waals surface area contributed by atoms with E-state index in [1.165, 1.54) is 0 Å². The largest absolute Gasteiger partial charge is 0.391 e. The summed E-state index contributed by atoms with van der Waals surface area (Å²) in [5.41, 5.74) is 2.34. The molecule has 0 aromatic heterocycles. The molecular formula is C19H21NO3. The molecule has 0 aliphatic heterocycles. The van der Waals surface area contributed by atoms with E-state index in [-0.39, 0.29) is 0 Å². The number of carbonyl (C=O) groups excluding carboxylic acids is 2. The number of ketones is 1. The molecule has 2 atom stereocenters. The van der Waals surface area contributed by atoms with Crippen LogP contribution >= 0.6 is 0 Å². The average Bonchev–Trinajstić information content (AvgIpc) is 2.55. The van der Waals surface area contributed by atoms with Crippen molar-refractivity contribution in [2.45, 2.75) is 32.4 Å². The first-order valence-corrected chi connectivity index (χ1v) is 7.61. The fraction of sp³-hybridized carbons (Fsp3) is 0.263. The third kappa shape index (κ3) is 4.76.